The number of Topliss-reactive ketones (excluding diaryl/α,β-unsaturated/α-hetero) is 1. The van der Waals surface area contributed by atoms with E-state index in [9.17, 15) is 19.5 Å². The lowest BCUT2D eigenvalue weighted by Gasteiger charge is -2.35. The van der Waals surface area contributed by atoms with Gasteiger partial charge in [-0.1, -0.05) is 24.0 Å². The third kappa shape index (κ3) is 6.51. The number of amides is 2. The number of rotatable bonds is 10. The van der Waals surface area contributed by atoms with Crippen LogP contribution in [0.25, 0.3) is 0 Å². The zero-order chi connectivity index (χ0) is 25.1. The van der Waals surface area contributed by atoms with Gasteiger partial charge in [0.15, 0.2) is 11.3 Å². The summed E-state index contributed by atoms with van der Waals surface area (Å²) in [5, 5.41) is 14.9. The second kappa shape index (κ2) is 12.7. The lowest BCUT2D eigenvalue weighted by Crippen LogP contribution is -2.62. The van der Waals surface area contributed by atoms with Gasteiger partial charge in [0.05, 0.1) is 6.61 Å². The van der Waals surface area contributed by atoms with Crippen molar-refractivity contribution in [3.05, 3.63) is 70.8 Å². The maximum Gasteiger partial charge on any atom is 0.254 e. The van der Waals surface area contributed by atoms with Gasteiger partial charge in [-0.15, -0.1) is 0 Å². The minimum Gasteiger partial charge on any atom is -0.388 e. The van der Waals surface area contributed by atoms with Gasteiger partial charge in [0.1, 0.15) is 6.61 Å². The molecule has 3 N–H and O–H groups in total. The highest BCUT2D eigenvalue weighted by Gasteiger charge is 2.46. The van der Waals surface area contributed by atoms with Crippen LogP contribution in [-0.4, -0.2) is 74.1 Å². The van der Waals surface area contributed by atoms with Crippen molar-refractivity contribution in [2.45, 2.75) is 19.0 Å². The fourth-order valence-electron chi connectivity index (χ4n) is 3.21. The monoisotopic (exact) mass is 465 g/mol. The molecule has 1 atom stereocenters. The number of ether oxygens (including phenoxy) is 1. The Kier molecular flexibility index (Phi) is 9.95. The number of likely N-dealkylation sites (N-methyl/N-ethyl adjacent to an activating group) is 2. The summed E-state index contributed by atoms with van der Waals surface area (Å²) >= 11 is 0. The molecule has 0 unspecified atom stereocenters. The highest BCUT2D eigenvalue weighted by Crippen LogP contribution is 2.19. The third-order valence-electron chi connectivity index (χ3n) is 5.58. The van der Waals surface area contributed by atoms with Crippen LogP contribution in [0.5, 0.6) is 0 Å². The number of methoxy groups -OCH3 is 1. The lowest BCUT2D eigenvalue weighted by molar-refractivity contribution is -0.143. The number of carbonyl (C=O) groups excluding carboxylic acids is 3. The molecule has 180 valence electrons. The zero-order valence-corrected chi connectivity index (χ0v) is 20.0. The molecule has 0 heterocycles. The van der Waals surface area contributed by atoms with E-state index in [0.29, 0.717) is 17.7 Å². The summed E-state index contributed by atoms with van der Waals surface area (Å²) in [5.41, 5.74) is 1.19. The van der Waals surface area contributed by atoms with Gasteiger partial charge in [-0.05, 0) is 48.9 Å². The molecule has 0 aromatic heterocycles. The van der Waals surface area contributed by atoms with Gasteiger partial charge in [0, 0.05) is 51.0 Å². The van der Waals surface area contributed by atoms with Crippen LogP contribution in [0.2, 0.25) is 0 Å². The van der Waals surface area contributed by atoms with E-state index in [1.165, 1.54) is 21.0 Å². The molecule has 0 aliphatic carbocycles. The Morgan fingerprint density at radius 3 is 2.09 bits per heavy atom. The fourth-order valence-corrected chi connectivity index (χ4v) is 3.21. The van der Waals surface area contributed by atoms with Gasteiger partial charge in [-0.3, -0.25) is 14.4 Å². The van der Waals surface area contributed by atoms with Crippen LogP contribution in [-0.2, 0) is 20.9 Å². The minimum absolute atomic E-state index is 0.291. The van der Waals surface area contributed by atoms with Gasteiger partial charge >= 0.3 is 0 Å². The summed E-state index contributed by atoms with van der Waals surface area (Å²) in [4.78, 5) is 38.5. The molecule has 34 heavy (non-hydrogen) atoms. The van der Waals surface area contributed by atoms with E-state index in [1.807, 2.05) is 24.3 Å². The van der Waals surface area contributed by atoms with Gasteiger partial charge in [0.25, 0.3) is 11.8 Å². The highest BCUT2D eigenvalue weighted by molar-refractivity contribution is 6.14. The summed E-state index contributed by atoms with van der Waals surface area (Å²) < 4.78 is 5.01. The van der Waals surface area contributed by atoms with E-state index in [4.69, 9.17) is 4.74 Å². The number of carbonyl (C=O) groups is 3. The Hall–Kier alpha value is -3.51. The van der Waals surface area contributed by atoms with Crippen LogP contribution in [0.15, 0.2) is 48.5 Å². The first-order chi connectivity index (χ1) is 16.3. The largest absolute Gasteiger partial charge is 0.388 e. The number of nitrogens with zero attached hydrogens (tertiary/aromatic N) is 1. The van der Waals surface area contributed by atoms with Gasteiger partial charge in [-0.25, -0.2) is 0 Å². The second-order valence-electron chi connectivity index (χ2n) is 7.79. The molecule has 8 nitrogen and oxygen atoms in total. The molecular formula is C26H31N3O5. The van der Waals surface area contributed by atoms with E-state index in [2.05, 4.69) is 22.5 Å². The molecule has 0 saturated carbocycles. The summed E-state index contributed by atoms with van der Waals surface area (Å²) in [5.74, 6) is 4.18. The van der Waals surface area contributed by atoms with Crippen LogP contribution < -0.4 is 10.6 Å². The van der Waals surface area contributed by atoms with Crippen molar-refractivity contribution in [3.8, 4) is 11.8 Å². The van der Waals surface area contributed by atoms with Crippen LogP contribution in [0.1, 0.15) is 34.0 Å². The van der Waals surface area contributed by atoms with Crippen molar-refractivity contribution in [3.63, 3.8) is 0 Å². The molecule has 0 saturated heterocycles. The zero-order valence-electron chi connectivity index (χ0n) is 20.0. The number of nitrogens with one attached hydrogen (secondary N) is 2. The third-order valence-corrected chi connectivity index (χ3v) is 5.58. The lowest BCUT2D eigenvalue weighted by atomic mass is 9.92. The van der Waals surface area contributed by atoms with Gasteiger partial charge < -0.3 is 25.4 Å². The first-order valence-electron chi connectivity index (χ1n) is 10.8. The maximum absolute atomic E-state index is 12.9. The number of ketones is 1. The Morgan fingerprint density at radius 1 is 1.03 bits per heavy atom. The summed E-state index contributed by atoms with van der Waals surface area (Å²) in [6.45, 7) is 2.65. The highest BCUT2D eigenvalue weighted by atomic mass is 16.5. The second-order valence-corrected chi connectivity index (χ2v) is 7.79. The molecule has 0 fully saturated rings. The van der Waals surface area contributed by atoms with Crippen molar-refractivity contribution in [2.24, 2.45) is 0 Å². The van der Waals surface area contributed by atoms with Crippen LogP contribution in [0.4, 0.5) is 0 Å². The minimum atomic E-state index is -1.83. The molecule has 2 aromatic rings. The summed E-state index contributed by atoms with van der Waals surface area (Å²) in [7, 11) is 4.39. The maximum atomic E-state index is 12.9. The quantitative estimate of drug-likeness (QED) is 0.274. The van der Waals surface area contributed by atoms with Crippen molar-refractivity contribution in [2.75, 3.05) is 41.0 Å². The van der Waals surface area contributed by atoms with E-state index in [1.54, 1.807) is 31.4 Å². The van der Waals surface area contributed by atoms with Crippen molar-refractivity contribution < 1.29 is 24.2 Å². The average molecular weight is 466 g/mol. The first-order valence-corrected chi connectivity index (χ1v) is 10.8. The molecule has 2 amide bonds. The number of hydrogen-bond donors (Lipinski definition) is 3. The van der Waals surface area contributed by atoms with Crippen LogP contribution in [0.3, 0.4) is 0 Å². The van der Waals surface area contributed by atoms with Crippen LogP contribution >= 0.6 is 0 Å². The summed E-state index contributed by atoms with van der Waals surface area (Å²) in [6, 6.07) is 14.5. The molecule has 2 aromatic carbocycles. The smallest absolute Gasteiger partial charge is 0.254 e. The number of benzene rings is 2. The van der Waals surface area contributed by atoms with Crippen LogP contribution in [0, 0.1) is 11.8 Å². The standard InChI is InChI=1S/C26H31N3O5/c1-26(23(31)18-30,25(33)27-2)29(3)24(32)22-13-11-20(12-14-22)6-5-19-7-9-21(10-8-19)17-28-15-16-34-4/h7-14,28,30H,15-18H2,1-4H3,(H,27,33)/t26-/m1/s1. The Morgan fingerprint density at radius 2 is 1.59 bits per heavy atom. The number of aliphatic hydroxyl groups is 1. The SMILES string of the molecule is CNC(=O)[C@@](C)(C(=O)CO)N(C)C(=O)c1ccc(C#Cc2ccc(CNCCOC)cc2)cc1. The number of hydrogen-bond acceptors (Lipinski definition) is 6. The molecule has 8 heteroatoms. The average Bonchev–Trinajstić information content (AvgIpc) is 2.88. The summed E-state index contributed by atoms with van der Waals surface area (Å²) in [6.07, 6.45) is 0. The molecule has 0 aliphatic heterocycles. The van der Waals surface area contributed by atoms with E-state index in [0.717, 1.165) is 29.1 Å². The van der Waals surface area contributed by atoms with Gasteiger partial charge in [-0.2, -0.15) is 0 Å². The van der Waals surface area contributed by atoms with Crippen molar-refractivity contribution in [1.29, 1.82) is 0 Å². The molecule has 0 spiro atoms. The number of aliphatic hydroxyl groups excluding tert-OH is 1. The predicted octanol–water partition coefficient (Wildman–Crippen LogP) is 0.961. The van der Waals surface area contributed by atoms with Gasteiger partial charge in [0.2, 0.25) is 0 Å². The molecule has 0 radical (unpaired) electrons. The first kappa shape index (κ1) is 26.7. The van der Waals surface area contributed by atoms with E-state index in [-0.39, 0.29) is 0 Å². The Bertz CT molecular complexity index is 1040. The predicted molar refractivity (Wildman–Crippen MR) is 129 cm³/mol. The Balaban J connectivity index is 2.09. The van der Waals surface area contributed by atoms with E-state index >= 15 is 0 Å². The normalized spacial score (nSPS) is 12.1. The molecule has 0 aliphatic rings. The molecular weight excluding hydrogens is 434 g/mol. The van der Waals surface area contributed by atoms with E-state index < -0.39 is 29.7 Å². The fraction of sp³-hybridized carbons (Fsp3) is 0.346. The molecule has 0 bridgehead atoms. The molecule has 2 rings (SSSR count). The van der Waals surface area contributed by atoms with Crippen molar-refractivity contribution in [1.82, 2.24) is 15.5 Å². The van der Waals surface area contributed by atoms with Crippen molar-refractivity contribution >= 4 is 17.6 Å². The topological polar surface area (TPSA) is 108 Å². The Labute approximate surface area is 200 Å².